The zero-order valence-electron chi connectivity index (χ0n) is 12.0. The Bertz CT molecular complexity index is 589. The smallest absolute Gasteiger partial charge is 0.326 e. The average molecular weight is 289 g/mol. The van der Waals surface area contributed by atoms with E-state index in [4.69, 9.17) is 9.52 Å². The fourth-order valence-corrected chi connectivity index (χ4v) is 2.91. The van der Waals surface area contributed by atoms with Crippen LogP contribution in [-0.2, 0) is 9.59 Å². The van der Waals surface area contributed by atoms with Crippen molar-refractivity contribution < 1.29 is 19.1 Å². The summed E-state index contributed by atoms with van der Waals surface area (Å²) in [6.45, 7) is 2.69. The molecule has 2 aliphatic rings. The Morgan fingerprint density at radius 3 is 2.86 bits per heavy atom. The minimum atomic E-state index is -0.933. The molecule has 3 atom stereocenters. The molecule has 1 aliphatic heterocycles. The lowest BCUT2D eigenvalue weighted by Gasteiger charge is -2.19. The lowest BCUT2D eigenvalue weighted by Crippen LogP contribution is -2.39. The molecule has 1 saturated heterocycles. The third kappa shape index (κ3) is 2.86. The Hall–Kier alpha value is -2.04. The van der Waals surface area contributed by atoms with E-state index in [-0.39, 0.29) is 5.91 Å². The van der Waals surface area contributed by atoms with Gasteiger partial charge in [0, 0.05) is 18.5 Å². The normalized spacial score (nSPS) is 28.2. The SMILES string of the molecule is CC1CC1c1ccc(/C=C/C(=O)N2CCC[C@@H]2C(=O)O)o1. The highest BCUT2D eigenvalue weighted by Gasteiger charge is 2.36. The molecule has 1 N–H and O–H groups in total. The molecule has 2 unspecified atom stereocenters. The van der Waals surface area contributed by atoms with Crippen LogP contribution in [0.4, 0.5) is 0 Å². The first-order chi connectivity index (χ1) is 10.1. The summed E-state index contributed by atoms with van der Waals surface area (Å²) in [6.07, 6.45) is 5.44. The van der Waals surface area contributed by atoms with Gasteiger partial charge < -0.3 is 14.4 Å². The van der Waals surface area contributed by atoms with E-state index >= 15 is 0 Å². The van der Waals surface area contributed by atoms with E-state index in [0.717, 1.165) is 18.6 Å². The fraction of sp³-hybridized carbons (Fsp3) is 0.500. The van der Waals surface area contributed by atoms with E-state index in [9.17, 15) is 9.59 Å². The Labute approximate surface area is 123 Å². The van der Waals surface area contributed by atoms with E-state index in [1.165, 1.54) is 11.0 Å². The number of hydrogen-bond donors (Lipinski definition) is 1. The number of furan rings is 1. The first kappa shape index (κ1) is 13.9. The van der Waals surface area contributed by atoms with Crippen molar-refractivity contribution in [1.82, 2.24) is 4.90 Å². The molecule has 1 aliphatic carbocycles. The molecule has 21 heavy (non-hydrogen) atoms. The summed E-state index contributed by atoms with van der Waals surface area (Å²) in [7, 11) is 0. The minimum absolute atomic E-state index is 0.266. The third-order valence-electron chi connectivity index (χ3n) is 4.33. The van der Waals surface area contributed by atoms with Gasteiger partial charge in [-0.3, -0.25) is 4.79 Å². The number of aliphatic carboxylic acids is 1. The molecule has 5 heteroatoms. The number of carbonyl (C=O) groups excluding carboxylic acids is 1. The third-order valence-corrected chi connectivity index (χ3v) is 4.33. The van der Waals surface area contributed by atoms with E-state index < -0.39 is 12.0 Å². The van der Waals surface area contributed by atoms with Crippen molar-refractivity contribution >= 4 is 18.0 Å². The van der Waals surface area contributed by atoms with Crippen molar-refractivity contribution in [2.75, 3.05) is 6.54 Å². The predicted molar refractivity (Wildman–Crippen MR) is 76.6 cm³/mol. The van der Waals surface area contributed by atoms with E-state index in [0.29, 0.717) is 30.6 Å². The number of hydrogen-bond acceptors (Lipinski definition) is 3. The topological polar surface area (TPSA) is 70.8 Å². The standard InChI is InChI=1S/C16H19NO4/c1-10-9-12(10)14-6-4-11(21-14)5-7-15(18)17-8-2-3-13(17)16(19)20/h4-7,10,12-13H,2-3,8-9H2,1H3,(H,19,20)/b7-5+/t10?,12?,13-/m1/s1. The Balaban J connectivity index is 1.64. The van der Waals surface area contributed by atoms with Crippen LogP contribution in [0.5, 0.6) is 0 Å². The van der Waals surface area contributed by atoms with Gasteiger partial charge in [0.05, 0.1) is 0 Å². The maximum Gasteiger partial charge on any atom is 0.326 e. The van der Waals surface area contributed by atoms with Crippen molar-refractivity contribution in [2.45, 2.75) is 38.1 Å². The number of likely N-dealkylation sites (tertiary alicyclic amines) is 1. The molecule has 0 radical (unpaired) electrons. The van der Waals surface area contributed by atoms with Crippen molar-refractivity contribution in [3.05, 3.63) is 29.7 Å². The minimum Gasteiger partial charge on any atom is -0.480 e. The van der Waals surface area contributed by atoms with Crippen LogP contribution >= 0.6 is 0 Å². The molecule has 3 rings (SSSR count). The van der Waals surface area contributed by atoms with Crippen LogP contribution in [-0.4, -0.2) is 34.5 Å². The number of rotatable bonds is 4. The molecule has 112 valence electrons. The molecular formula is C16H19NO4. The molecule has 0 bridgehead atoms. The largest absolute Gasteiger partial charge is 0.480 e. The summed E-state index contributed by atoms with van der Waals surface area (Å²) >= 11 is 0. The maximum absolute atomic E-state index is 12.1. The molecule has 1 saturated carbocycles. The van der Waals surface area contributed by atoms with Crippen LogP contribution in [0, 0.1) is 5.92 Å². The van der Waals surface area contributed by atoms with Gasteiger partial charge in [-0.25, -0.2) is 4.79 Å². The second-order valence-electron chi connectivity index (χ2n) is 5.92. The van der Waals surface area contributed by atoms with Gasteiger partial charge in [-0.2, -0.15) is 0 Å². The highest BCUT2D eigenvalue weighted by Crippen LogP contribution is 2.47. The van der Waals surface area contributed by atoms with Gasteiger partial charge in [0.15, 0.2) is 0 Å². The number of carboxylic acids is 1. The zero-order valence-corrected chi connectivity index (χ0v) is 12.0. The molecule has 0 spiro atoms. The van der Waals surface area contributed by atoms with Gasteiger partial charge in [-0.1, -0.05) is 6.92 Å². The van der Waals surface area contributed by atoms with E-state index in [1.807, 2.05) is 12.1 Å². The van der Waals surface area contributed by atoms with Gasteiger partial charge in [0.2, 0.25) is 5.91 Å². The van der Waals surface area contributed by atoms with Crippen LogP contribution < -0.4 is 0 Å². The van der Waals surface area contributed by atoms with E-state index in [1.54, 1.807) is 6.08 Å². The number of carbonyl (C=O) groups is 2. The van der Waals surface area contributed by atoms with Gasteiger partial charge in [0.25, 0.3) is 0 Å². The van der Waals surface area contributed by atoms with Crippen molar-refractivity contribution in [1.29, 1.82) is 0 Å². The number of amides is 1. The molecule has 1 aromatic rings. The highest BCUT2D eigenvalue weighted by atomic mass is 16.4. The molecule has 2 fully saturated rings. The van der Waals surface area contributed by atoms with Crippen LogP contribution in [0.3, 0.4) is 0 Å². The summed E-state index contributed by atoms with van der Waals surface area (Å²) in [5.41, 5.74) is 0. The molecular weight excluding hydrogens is 270 g/mol. The molecule has 1 aromatic heterocycles. The summed E-state index contributed by atoms with van der Waals surface area (Å²) in [6, 6.07) is 3.11. The summed E-state index contributed by atoms with van der Waals surface area (Å²) in [5, 5.41) is 9.08. The summed E-state index contributed by atoms with van der Waals surface area (Å²) in [4.78, 5) is 24.6. The quantitative estimate of drug-likeness (QED) is 0.864. The fourth-order valence-electron chi connectivity index (χ4n) is 2.91. The first-order valence-corrected chi connectivity index (χ1v) is 7.37. The lowest BCUT2D eigenvalue weighted by molar-refractivity contribution is -0.146. The number of nitrogens with zero attached hydrogens (tertiary/aromatic N) is 1. The second kappa shape index (κ2) is 5.39. The van der Waals surface area contributed by atoms with Gasteiger partial charge >= 0.3 is 5.97 Å². The van der Waals surface area contributed by atoms with Crippen LogP contribution in [0.1, 0.15) is 43.6 Å². The Morgan fingerprint density at radius 1 is 1.43 bits per heavy atom. The molecule has 1 amide bonds. The Kier molecular flexibility index (Phi) is 3.57. The summed E-state index contributed by atoms with van der Waals surface area (Å²) in [5.74, 6) is 1.60. The summed E-state index contributed by atoms with van der Waals surface area (Å²) < 4.78 is 5.69. The van der Waals surface area contributed by atoms with Gasteiger partial charge in [-0.15, -0.1) is 0 Å². The highest BCUT2D eigenvalue weighted by molar-refractivity contribution is 5.94. The first-order valence-electron chi connectivity index (χ1n) is 7.37. The molecule has 2 heterocycles. The van der Waals surface area contributed by atoms with E-state index in [2.05, 4.69) is 6.92 Å². The van der Waals surface area contributed by atoms with Gasteiger partial charge in [0.1, 0.15) is 17.6 Å². The predicted octanol–water partition coefficient (Wildman–Crippen LogP) is 2.49. The molecule has 0 aromatic carbocycles. The molecule has 5 nitrogen and oxygen atoms in total. The van der Waals surface area contributed by atoms with Crippen LogP contribution in [0.15, 0.2) is 22.6 Å². The average Bonchev–Trinajstić information content (AvgIpc) is 2.90. The van der Waals surface area contributed by atoms with Crippen LogP contribution in [0.2, 0.25) is 0 Å². The zero-order chi connectivity index (χ0) is 15.0. The van der Waals surface area contributed by atoms with Crippen molar-refractivity contribution in [3.63, 3.8) is 0 Å². The van der Waals surface area contributed by atoms with Crippen molar-refractivity contribution in [3.8, 4) is 0 Å². The van der Waals surface area contributed by atoms with Gasteiger partial charge in [-0.05, 0) is 43.4 Å². The van der Waals surface area contributed by atoms with Crippen LogP contribution in [0.25, 0.3) is 6.08 Å². The van der Waals surface area contributed by atoms with Crippen molar-refractivity contribution in [2.24, 2.45) is 5.92 Å². The number of carboxylic acid groups (broad SMARTS) is 1. The maximum atomic E-state index is 12.1. The lowest BCUT2D eigenvalue weighted by atomic mass is 10.2. The second-order valence-corrected chi connectivity index (χ2v) is 5.92. The monoisotopic (exact) mass is 289 g/mol. The Morgan fingerprint density at radius 2 is 2.19 bits per heavy atom.